The Labute approximate surface area is 236 Å². The molecule has 2 aromatic heterocycles. The number of nitrogens with zero attached hydrogens (tertiary/aromatic N) is 3. The van der Waals surface area contributed by atoms with Gasteiger partial charge in [0.05, 0.1) is 0 Å². The van der Waals surface area contributed by atoms with Crippen LogP contribution in [0.1, 0.15) is 41.0 Å². The molecular weight excluding hydrogens is 519 g/mol. The molecule has 2 aromatic carbocycles. The maximum Gasteiger partial charge on any atom is 0.194 e. The second kappa shape index (κ2) is 11.3. The van der Waals surface area contributed by atoms with Crippen LogP contribution in [0.3, 0.4) is 0 Å². The number of anilines is 1. The Hall–Kier alpha value is -4.75. The molecule has 0 bridgehead atoms. The van der Waals surface area contributed by atoms with Gasteiger partial charge in [0, 0.05) is 56.0 Å². The van der Waals surface area contributed by atoms with E-state index in [2.05, 4.69) is 65.6 Å². The normalized spacial score (nSPS) is 13.7. The first-order chi connectivity index (χ1) is 19.0. The summed E-state index contributed by atoms with van der Waals surface area (Å²) in [6.45, 7) is 0. The monoisotopic (exact) mass is 541 g/mol. The molecule has 39 heavy (non-hydrogen) atoms. The Bertz CT molecular complexity index is 1750. The summed E-state index contributed by atoms with van der Waals surface area (Å²) in [5.41, 5.74) is 4.24. The van der Waals surface area contributed by atoms with Gasteiger partial charge < -0.3 is 4.90 Å². The van der Waals surface area contributed by atoms with Crippen molar-refractivity contribution in [2.75, 3.05) is 19.0 Å². The molecule has 1 aliphatic carbocycles. The highest BCUT2D eigenvalue weighted by atomic mass is 32.1. The molecule has 1 aliphatic rings. The smallest absolute Gasteiger partial charge is 0.194 e. The minimum Gasteiger partial charge on any atom is -0.378 e. The highest BCUT2D eigenvalue weighted by Crippen LogP contribution is 2.40. The van der Waals surface area contributed by atoms with Crippen molar-refractivity contribution in [2.45, 2.75) is 0 Å². The number of thiophene rings is 2. The number of hydrogen-bond donors (Lipinski definition) is 0. The Balaban J connectivity index is 1.32. The van der Waals surface area contributed by atoms with Gasteiger partial charge in [-0.3, -0.25) is 4.79 Å². The molecule has 0 N–H and O–H groups in total. The first kappa shape index (κ1) is 25.9. The van der Waals surface area contributed by atoms with Crippen LogP contribution in [0.2, 0.25) is 0 Å². The molecule has 0 radical (unpaired) electrons. The van der Waals surface area contributed by atoms with E-state index in [9.17, 15) is 15.3 Å². The minimum atomic E-state index is -0.165. The number of Topliss-reactive ketones (excluding diaryl/α,β-unsaturated/α-hetero) is 1. The fraction of sp³-hybridized carbons (Fsp3) is 0.0606. The highest BCUT2D eigenvalue weighted by molar-refractivity contribution is 7.14. The van der Waals surface area contributed by atoms with Crippen LogP contribution in [-0.2, 0) is 0 Å². The lowest BCUT2D eigenvalue weighted by Gasteiger charge is -2.11. The summed E-state index contributed by atoms with van der Waals surface area (Å²) < 4.78 is 0. The number of rotatable bonds is 6. The fourth-order valence-corrected chi connectivity index (χ4v) is 5.97. The number of carbonyl (C=O) groups excluding carboxylic acids is 1. The SMILES string of the molecule is CN(C)c1ccc(/C=C/c2ccc(/C=C/c3ccc(/C=C4/C(=O)c5ccccc5C4=C(C#N)C#N)s3)s2)cc1. The molecule has 0 aliphatic heterocycles. The summed E-state index contributed by atoms with van der Waals surface area (Å²) in [5, 5.41) is 19.0. The van der Waals surface area contributed by atoms with Crippen LogP contribution < -0.4 is 4.90 Å². The van der Waals surface area contributed by atoms with E-state index in [1.807, 2.05) is 44.4 Å². The molecule has 0 fully saturated rings. The molecule has 0 unspecified atom stereocenters. The van der Waals surface area contributed by atoms with Crippen molar-refractivity contribution in [3.8, 4) is 12.1 Å². The van der Waals surface area contributed by atoms with Gasteiger partial charge in [-0.2, -0.15) is 10.5 Å². The van der Waals surface area contributed by atoms with Gasteiger partial charge in [-0.25, -0.2) is 0 Å². The number of benzene rings is 2. The van der Waals surface area contributed by atoms with Crippen LogP contribution in [0.15, 0.2) is 83.9 Å². The van der Waals surface area contributed by atoms with Gasteiger partial charge in [-0.1, -0.05) is 42.5 Å². The molecular formula is C33H23N3OS2. The summed E-state index contributed by atoms with van der Waals surface area (Å²) in [7, 11) is 4.07. The van der Waals surface area contributed by atoms with Crippen molar-refractivity contribution in [1.29, 1.82) is 10.5 Å². The van der Waals surface area contributed by atoms with E-state index in [1.165, 1.54) is 10.6 Å². The number of carbonyl (C=O) groups is 1. The van der Waals surface area contributed by atoms with Gasteiger partial charge in [-0.05, 0) is 71.8 Å². The van der Waals surface area contributed by atoms with E-state index in [4.69, 9.17) is 0 Å². The minimum absolute atomic E-state index is 0.0515. The third-order valence-electron chi connectivity index (χ3n) is 6.27. The second-order valence-electron chi connectivity index (χ2n) is 9.04. The van der Waals surface area contributed by atoms with E-state index in [-0.39, 0.29) is 11.4 Å². The summed E-state index contributed by atoms with van der Waals surface area (Å²) in [6, 6.07) is 27.6. The molecule has 4 aromatic rings. The molecule has 0 spiro atoms. The van der Waals surface area contributed by atoms with Crippen molar-refractivity contribution in [3.63, 3.8) is 0 Å². The van der Waals surface area contributed by atoms with Crippen LogP contribution >= 0.6 is 22.7 Å². The molecule has 4 nitrogen and oxygen atoms in total. The largest absolute Gasteiger partial charge is 0.378 e. The number of nitriles is 2. The summed E-state index contributed by atoms with van der Waals surface area (Å²) >= 11 is 3.26. The number of ketones is 1. The van der Waals surface area contributed by atoms with Crippen LogP contribution in [0.25, 0.3) is 36.0 Å². The zero-order chi connectivity index (χ0) is 27.4. The fourth-order valence-electron chi connectivity index (χ4n) is 4.30. The third-order valence-corrected chi connectivity index (χ3v) is 8.28. The van der Waals surface area contributed by atoms with Gasteiger partial charge in [0.25, 0.3) is 0 Å². The molecule has 2 heterocycles. The molecule has 6 heteroatoms. The summed E-state index contributed by atoms with van der Waals surface area (Å²) in [6.07, 6.45) is 10.2. The Morgan fingerprint density at radius 1 is 0.718 bits per heavy atom. The van der Waals surface area contributed by atoms with Crippen LogP contribution in [-0.4, -0.2) is 19.9 Å². The maximum atomic E-state index is 13.1. The zero-order valence-corrected chi connectivity index (χ0v) is 23.0. The topological polar surface area (TPSA) is 67.9 Å². The highest BCUT2D eigenvalue weighted by Gasteiger charge is 2.32. The van der Waals surface area contributed by atoms with Crippen LogP contribution in [0.5, 0.6) is 0 Å². The Kier molecular flexibility index (Phi) is 7.52. The first-order valence-corrected chi connectivity index (χ1v) is 13.8. The van der Waals surface area contributed by atoms with E-state index in [0.29, 0.717) is 22.3 Å². The average molecular weight is 542 g/mol. The predicted molar refractivity (Wildman–Crippen MR) is 164 cm³/mol. The molecule has 0 amide bonds. The van der Waals surface area contributed by atoms with Gasteiger partial charge in [0.15, 0.2) is 5.78 Å². The van der Waals surface area contributed by atoms with E-state index >= 15 is 0 Å². The average Bonchev–Trinajstić information content (AvgIpc) is 3.67. The zero-order valence-electron chi connectivity index (χ0n) is 21.4. The first-order valence-electron chi connectivity index (χ1n) is 12.2. The third kappa shape index (κ3) is 5.58. The molecule has 5 rings (SSSR count). The Morgan fingerprint density at radius 3 is 1.85 bits per heavy atom. The van der Waals surface area contributed by atoms with Crippen LogP contribution in [0.4, 0.5) is 5.69 Å². The van der Waals surface area contributed by atoms with Crippen LogP contribution in [0, 0.1) is 22.7 Å². The number of fused-ring (bicyclic) bond motifs is 1. The number of hydrogen-bond acceptors (Lipinski definition) is 6. The standard InChI is InChI=1S/C33H23N3OS2/c1-36(2)24-10-7-22(8-11-24)9-12-25-13-14-26(38-25)15-16-27-17-18-28(39-27)19-31-32(23(20-34)21-35)29-5-3-4-6-30(29)33(31)37/h3-19H,1-2H3/b12-9+,16-15+,31-19+. The van der Waals surface area contributed by atoms with E-state index in [1.54, 1.807) is 46.9 Å². The van der Waals surface area contributed by atoms with Crippen molar-refractivity contribution in [3.05, 3.63) is 120 Å². The summed E-state index contributed by atoms with van der Waals surface area (Å²) in [4.78, 5) is 19.4. The molecule has 0 saturated heterocycles. The van der Waals surface area contributed by atoms with Crippen molar-refractivity contribution >= 4 is 70.1 Å². The molecule has 0 saturated carbocycles. The maximum absolute atomic E-state index is 13.1. The molecule has 188 valence electrons. The van der Waals surface area contributed by atoms with E-state index in [0.717, 1.165) is 20.2 Å². The molecule has 0 atom stereocenters. The predicted octanol–water partition coefficient (Wildman–Crippen LogP) is 8.30. The van der Waals surface area contributed by atoms with Gasteiger partial charge >= 0.3 is 0 Å². The van der Waals surface area contributed by atoms with Crippen molar-refractivity contribution < 1.29 is 4.79 Å². The van der Waals surface area contributed by atoms with Gasteiger partial charge in [0.2, 0.25) is 0 Å². The summed E-state index contributed by atoms with van der Waals surface area (Å²) in [5.74, 6) is -0.165. The van der Waals surface area contributed by atoms with Crippen molar-refractivity contribution in [2.24, 2.45) is 0 Å². The van der Waals surface area contributed by atoms with Gasteiger partial charge in [-0.15, -0.1) is 22.7 Å². The van der Waals surface area contributed by atoms with E-state index < -0.39 is 0 Å². The lowest BCUT2D eigenvalue weighted by molar-refractivity contribution is 0.104. The lowest BCUT2D eigenvalue weighted by atomic mass is 9.99. The van der Waals surface area contributed by atoms with Crippen molar-refractivity contribution in [1.82, 2.24) is 0 Å². The second-order valence-corrected chi connectivity index (χ2v) is 11.3. The quantitative estimate of drug-likeness (QED) is 0.182. The Morgan fingerprint density at radius 2 is 1.26 bits per heavy atom. The van der Waals surface area contributed by atoms with Gasteiger partial charge in [0.1, 0.15) is 17.7 Å². The lowest BCUT2D eigenvalue weighted by Crippen LogP contribution is -2.07. The number of allylic oxidation sites excluding steroid dienone is 3.